The Balaban J connectivity index is 1.64. The molecule has 0 radical (unpaired) electrons. The van der Waals surface area contributed by atoms with Crippen LogP contribution in [0, 0.1) is 10.1 Å². The van der Waals surface area contributed by atoms with Crippen molar-refractivity contribution in [3.8, 4) is 11.5 Å². The molecule has 0 spiro atoms. The monoisotopic (exact) mass is 470 g/mol. The quantitative estimate of drug-likeness (QED) is 0.234. The molecule has 0 aliphatic heterocycles. The number of hydrogen-bond acceptors (Lipinski definition) is 6. The fourth-order valence-electron chi connectivity index (χ4n) is 2.62. The standard InChI is InChI=1S/C22H19BrN2O5/c1-28-21-11-18(13-24-30-15-17-8-5-9-19(10-17)25(26)27)20(23)12-22(21)29-14-16-6-3-2-4-7-16/h2-13H,14-15H2,1H3/b24-13-. The van der Waals surface area contributed by atoms with Crippen molar-refractivity contribution in [2.45, 2.75) is 13.2 Å². The molecule has 30 heavy (non-hydrogen) atoms. The van der Waals surface area contributed by atoms with Crippen LogP contribution in [0.2, 0.25) is 0 Å². The molecule has 7 nitrogen and oxygen atoms in total. The van der Waals surface area contributed by atoms with E-state index in [9.17, 15) is 10.1 Å². The van der Waals surface area contributed by atoms with Gasteiger partial charge in [-0.2, -0.15) is 0 Å². The van der Waals surface area contributed by atoms with E-state index in [1.165, 1.54) is 18.3 Å². The molecule has 0 saturated carbocycles. The van der Waals surface area contributed by atoms with Gasteiger partial charge in [0.2, 0.25) is 0 Å². The van der Waals surface area contributed by atoms with Crippen molar-refractivity contribution in [1.82, 2.24) is 0 Å². The number of benzene rings is 3. The summed E-state index contributed by atoms with van der Waals surface area (Å²) in [7, 11) is 1.57. The number of nitro benzene ring substituents is 1. The van der Waals surface area contributed by atoms with E-state index in [2.05, 4.69) is 21.1 Å². The van der Waals surface area contributed by atoms with E-state index in [1.54, 1.807) is 25.3 Å². The number of nitro groups is 1. The van der Waals surface area contributed by atoms with E-state index in [1.807, 2.05) is 36.4 Å². The van der Waals surface area contributed by atoms with Crippen molar-refractivity contribution in [2.75, 3.05) is 7.11 Å². The van der Waals surface area contributed by atoms with Gasteiger partial charge in [-0.25, -0.2) is 0 Å². The van der Waals surface area contributed by atoms with Gasteiger partial charge >= 0.3 is 0 Å². The summed E-state index contributed by atoms with van der Waals surface area (Å²) in [6.45, 7) is 0.536. The van der Waals surface area contributed by atoms with Crippen molar-refractivity contribution >= 4 is 27.8 Å². The molecule has 3 rings (SSSR count). The molecule has 0 heterocycles. The second kappa shape index (κ2) is 10.4. The molecule has 0 amide bonds. The molecule has 0 fully saturated rings. The first-order valence-corrected chi connectivity index (χ1v) is 9.79. The Kier molecular flexibility index (Phi) is 7.40. The molecule has 0 aliphatic carbocycles. The van der Waals surface area contributed by atoms with E-state index in [0.717, 1.165) is 15.6 Å². The third-order valence-corrected chi connectivity index (χ3v) is 4.83. The largest absolute Gasteiger partial charge is 0.493 e. The van der Waals surface area contributed by atoms with Crippen LogP contribution in [0.4, 0.5) is 5.69 Å². The predicted molar refractivity (Wildman–Crippen MR) is 117 cm³/mol. The Morgan fingerprint density at radius 2 is 1.77 bits per heavy atom. The lowest BCUT2D eigenvalue weighted by Gasteiger charge is -2.12. The molecule has 154 valence electrons. The third kappa shape index (κ3) is 5.81. The molecule has 3 aromatic rings. The number of rotatable bonds is 9. The highest BCUT2D eigenvalue weighted by atomic mass is 79.9. The average molecular weight is 471 g/mol. The van der Waals surface area contributed by atoms with E-state index in [0.29, 0.717) is 23.7 Å². The minimum absolute atomic E-state index is 0.0126. The van der Waals surface area contributed by atoms with Crippen LogP contribution in [0.1, 0.15) is 16.7 Å². The summed E-state index contributed by atoms with van der Waals surface area (Å²) in [5, 5.41) is 14.8. The van der Waals surface area contributed by atoms with Crippen molar-refractivity contribution in [2.24, 2.45) is 5.16 Å². The molecule has 0 unspecified atom stereocenters. The minimum atomic E-state index is -0.447. The van der Waals surface area contributed by atoms with Gasteiger partial charge in [-0.3, -0.25) is 10.1 Å². The molecule has 0 saturated heterocycles. The Hall–Kier alpha value is -3.39. The summed E-state index contributed by atoms with van der Waals surface area (Å²) >= 11 is 3.50. The Bertz CT molecular complexity index is 1040. The number of nitrogens with zero attached hydrogens (tertiary/aromatic N) is 2. The number of methoxy groups -OCH3 is 1. The highest BCUT2D eigenvalue weighted by Crippen LogP contribution is 2.33. The number of halogens is 1. The van der Waals surface area contributed by atoms with Gasteiger partial charge in [0.1, 0.15) is 13.2 Å². The zero-order chi connectivity index (χ0) is 21.3. The van der Waals surface area contributed by atoms with Crippen LogP contribution in [-0.4, -0.2) is 18.2 Å². The van der Waals surface area contributed by atoms with E-state index >= 15 is 0 Å². The van der Waals surface area contributed by atoms with E-state index in [4.69, 9.17) is 14.3 Å². The maximum atomic E-state index is 10.8. The molecule has 0 atom stereocenters. The third-order valence-electron chi connectivity index (χ3n) is 4.14. The zero-order valence-electron chi connectivity index (χ0n) is 16.2. The molecule has 0 aliphatic rings. The normalized spacial score (nSPS) is 10.7. The maximum Gasteiger partial charge on any atom is 0.269 e. The highest BCUT2D eigenvalue weighted by Gasteiger charge is 2.10. The second-order valence-corrected chi connectivity index (χ2v) is 7.09. The Morgan fingerprint density at radius 1 is 1.00 bits per heavy atom. The van der Waals surface area contributed by atoms with Crippen molar-refractivity contribution < 1.29 is 19.2 Å². The molecular formula is C22H19BrN2O5. The van der Waals surface area contributed by atoms with Gasteiger partial charge < -0.3 is 14.3 Å². The summed E-state index contributed by atoms with van der Waals surface area (Å²) in [6.07, 6.45) is 1.53. The van der Waals surface area contributed by atoms with Gasteiger partial charge in [0.25, 0.3) is 5.69 Å². The molecule has 0 N–H and O–H groups in total. The Morgan fingerprint density at radius 3 is 2.50 bits per heavy atom. The van der Waals surface area contributed by atoms with Gasteiger partial charge in [-0.05, 0) is 39.2 Å². The summed E-state index contributed by atoms with van der Waals surface area (Å²) in [5.41, 5.74) is 2.45. The van der Waals surface area contributed by atoms with Gasteiger partial charge in [0, 0.05) is 22.2 Å². The summed E-state index contributed by atoms with van der Waals surface area (Å²) in [6, 6.07) is 19.7. The van der Waals surface area contributed by atoms with Gasteiger partial charge in [0.05, 0.1) is 18.2 Å². The van der Waals surface area contributed by atoms with Crippen molar-refractivity contribution in [3.63, 3.8) is 0 Å². The van der Waals surface area contributed by atoms with Gasteiger partial charge in [0.15, 0.2) is 11.5 Å². The SMILES string of the molecule is COc1cc(/C=N\OCc2cccc([N+](=O)[O-])c2)c(Br)cc1OCc1ccccc1. The summed E-state index contributed by atoms with van der Waals surface area (Å²) in [4.78, 5) is 15.7. The van der Waals surface area contributed by atoms with Gasteiger partial charge in [-0.15, -0.1) is 0 Å². The lowest BCUT2D eigenvalue weighted by Crippen LogP contribution is -1.99. The molecule has 8 heteroatoms. The van der Waals surface area contributed by atoms with Crippen LogP contribution in [0.25, 0.3) is 0 Å². The average Bonchev–Trinajstić information content (AvgIpc) is 2.77. The topological polar surface area (TPSA) is 83.2 Å². The van der Waals surface area contributed by atoms with Crippen molar-refractivity contribution in [3.05, 3.63) is 98.0 Å². The first kappa shape index (κ1) is 21.3. The highest BCUT2D eigenvalue weighted by molar-refractivity contribution is 9.10. The van der Waals surface area contributed by atoms with E-state index in [-0.39, 0.29) is 12.3 Å². The molecule has 0 bridgehead atoms. The first-order chi connectivity index (χ1) is 14.6. The van der Waals surface area contributed by atoms with Crippen LogP contribution in [0.15, 0.2) is 76.4 Å². The molecular weight excluding hydrogens is 452 g/mol. The van der Waals surface area contributed by atoms with Crippen LogP contribution < -0.4 is 9.47 Å². The second-order valence-electron chi connectivity index (χ2n) is 6.23. The Labute approximate surface area is 182 Å². The van der Waals surface area contributed by atoms with E-state index < -0.39 is 4.92 Å². The number of ether oxygens (including phenoxy) is 2. The molecule has 3 aromatic carbocycles. The first-order valence-electron chi connectivity index (χ1n) is 8.99. The van der Waals surface area contributed by atoms with Crippen LogP contribution in [0.5, 0.6) is 11.5 Å². The summed E-state index contributed by atoms with van der Waals surface area (Å²) in [5.74, 6) is 1.16. The van der Waals surface area contributed by atoms with Crippen molar-refractivity contribution in [1.29, 1.82) is 0 Å². The van der Waals surface area contributed by atoms with Crippen LogP contribution in [-0.2, 0) is 18.1 Å². The van der Waals surface area contributed by atoms with Crippen LogP contribution >= 0.6 is 15.9 Å². The molecule has 0 aromatic heterocycles. The zero-order valence-corrected chi connectivity index (χ0v) is 17.7. The van der Waals surface area contributed by atoms with Crippen LogP contribution in [0.3, 0.4) is 0 Å². The fourth-order valence-corrected chi connectivity index (χ4v) is 3.05. The maximum absolute atomic E-state index is 10.8. The lowest BCUT2D eigenvalue weighted by atomic mass is 10.2. The smallest absolute Gasteiger partial charge is 0.269 e. The van der Waals surface area contributed by atoms with Gasteiger partial charge in [-0.1, -0.05) is 47.6 Å². The fraction of sp³-hybridized carbons (Fsp3) is 0.136. The number of oxime groups is 1. The number of hydrogen-bond donors (Lipinski definition) is 0. The minimum Gasteiger partial charge on any atom is -0.493 e. The summed E-state index contributed by atoms with van der Waals surface area (Å²) < 4.78 is 12.1. The lowest BCUT2D eigenvalue weighted by molar-refractivity contribution is -0.384. The predicted octanol–water partition coefficient (Wildman–Crippen LogP) is 5.50. The number of non-ortho nitro benzene ring substituents is 1.